The lowest BCUT2D eigenvalue weighted by atomic mass is 10.0. The summed E-state index contributed by atoms with van der Waals surface area (Å²) in [5.74, 6) is 0. The molecule has 0 aliphatic rings. The normalized spacial score (nSPS) is 12.4. The maximum atomic E-state index is 6.27. The van der Waals surface area contributed by atoms with Crippen molar-refractivity contribution in [1.82, 2.24) is 9.97 Å². The SMILES string of the molecule is CCc1ccc(CC(N)c2ncccc2CC)nc1. The van der Waals surface area contributed by atoms with Gasteiger partial charge >= 0.3 is 0 Å². The van der Waals surface area contributed by atoms with E-state index < -0.39 is 0 Å². The van der Waals surface area contributed by atoms with Gasteiger partial charge in [-0.2, -0.15) is 0 Å². The Morgan fingerprint density at radius 1 is 1.11 bits per heavy atom. The van der Waals surface area contributed by atoms with Crippen molar-refractivity contribution in [3.63, 3.8) is 0 Å². The second-order valence-corrected chi connectivity index (χ2v) is 4.72. The number of nitrogens with two attached hydrogens (primary N) is 1. The van der Waals surface area contributed by atoms with E-state index in [9.17, 15) is 0 Å². The average molecular weight is 255 g/mol. The van der Waals surface area contributed by atoms with Gasteiger partial charge in [-0.05, 0) is 36.1 Å². The van der Waals surface area contributed by atoms with Crippen molar-refractivity contribution in [1.29, 1.82) is 0 Å². The Hall–Kier alpha value is -1.74. The van der Waals surface area contributed by atoms with Crippen molar-refractivity contribution in [3.8, 4) is 0 Å². The summed E-state index contributed by atoms with van der Waals surface area (Å²) in [6.07, 6.45) is 6.44. The zero-order chi connectivity index (χ0) is 13.7. The molecule has 0 amide bonds. The Bertz CT molecular complexity index is 520. The van der Waals surface area contributed by atoms with Gasteiger partial charge in [-0.15, -0.1) is 0 Å². The Morgan fingerprint density at radius 3 is 2.58 bits per heavy atom. The van der Waals surface area contributed by atoms with Crippen LogP contribution < -0.4 is 5.73 Å². The molecule has 0 saturated heterocycles. The van der Waals surface area contributed by atoms with Crippen LogP contribution in [-0.4, -0.2) is 9.97 Å². The molecule has 1 atom stereocenters. The highest BCUT2D eigenvalue weighted by Crippen LogP contribution is 2.17. The minimum atomic E-state index is -0.0869. The van der Waals surface area contributed by atoms with Gasteiger partial charge < -0.3 is 5.73 Å². The molecule has 2 aromatic heterocycles. The lowest BCUT2D eigenvalue weighted by Gasteiger charge is -2.14. The van der Waals surface area contributed by atoms with Crippen LogP contribution in [0.25, 0.3) is 0 Å². The first kappa shape index (κ1) is 13.7. The first-order valence-electron chi connectivity index (χ1n) is 6.87. The van der Waals surface area contributed by atoms with Crippen molar-refractivity contribution in [2.24, 2.45) is 5.73 Å². The van der Waals surface area contributed by atoms with Crippen molar-refractivity contribution < 1.29 is 0 Å². The molecule has 0 radical (unpaired) electrons. The van der Waals surface area contributed by atoms with Gasteiger partial charge in [0.25, 0.3) is 0 Å². The number of aromatic nitrogens is 2. The topological polar surface area (TPSA) is 51.8 Å². The lowest BCUT2D eigenvalue weighted by molar-refractivity contribution is 0.673. The smallest absolute Gasteiger partial charge is 0.0606 e. The highest BCUT2D eigenvalue weighted by Gasteiger charge is 2.12. The molecule has 100 valence electrons. The van der Waals surface area contributed by atoms with Gasteiger partial charge in [-0.3, -0.25) is 9.97 Å². The summed E-state index contributed by atoms with van der Waals surface area (Å²) in [6.45, 7) is 4.26. The number of rotatable bonds is 5. The molecule has 1 unspecified atom stereocenters. The Labute approximate surface area is 114 Å². The fourth-order valence-corrected chi connectivity index (χ4v) is 2.19. The first-order chi connectivity index (χ1) is 9.24. The van der Waals surface area contributed by atoms with Crippen molar-refractivity contribution >= 4 is 0 Å². The molecule has 3 heteroatoms. The van der Waals surface area contributed by atoms with Gasteiger partial charge in [0.1, 0.15) is 0 Å². The molecule has 2 N–H and O–H groups in total. The van der Waals surface area contributed by atoms with E-state index >= 15 is 0 Å². The van der Waals surface area contributed by atoms with E-state index in [4.69, 9.17) is 5.73 Å². The maximum Gasteiger partial charge on any atom is 0.0606 e. The van der Waals surface area contributed by atoms with Crippen molar-refractivity contribution in [2.45, 2.75) is 39.2 Å². The third-order valence-electron chi connectivity index (χ3n) is 3.38. The summed E-state index contributed by atoms with van der Waals surface area (Å²) in [7, 11) is 0. The zero-order valence-electron chi connectivity index (χ0n) is 11.6. The number of hydrogen-bond acceptors (Lipinski definition) is 3. The molecule has 0 aromatic carbocycles. The third kappa shape index (κ3) is 3.38. The van der Waals surface area contributed by atoms with Gasteiger partial charge in [-0.25, -0.2) is 0 Å². The molecule has 0 aliphatic heterocycles. The molecule has 3 nitrogen and oxygen atoms in total. The van der Waals surface area contributed by atoms with Gasteiger partial charge in [0.05, 0.1) is 11.7 Å². The maximum absolute atomic E-state index is 6.27. The van der Waals surface area contributed by atoms with Crippen LogP contribution in [0.2, 0.25) is 0 Å². The molecule has 0 spiro atoms. The van der Waals surface area contributed by atoms with Crippen LogP contribution in [-0.2, 0) is 19.3 Å². The largest absolute Gasteiger partial charge is 0.322 e. The second kappa shape index (κ2) is 6.43. The molecular formula is C16H21N3. The van der Waals surface area contributed by atoms with Gasteiger partial charge in [0.15, 0.2) is 0 Å². The lowest BCUT2D eigenvalue weighted by Crippen LogP contribution is -2.17. The van der Waals surface area contributed by atoms with Crippen molar-refractivity contribution in [3.05, 3.63) is 59.2 Å². The highest BCUT2D eigenvalue weighted by molar-refractivity contribution is 5.24. The predicted octanol–water partition coefficient (Wildman–Crippen LogP) is 2.84. The quantitative estimate of drug-likeness (QED) is 0.893. The van der Waals surface area contributed by atoms with Crippen LogP contribution in [0.4, 0.5) is 0 Å². The van der Waals surface area contributed by atoms with Crippen LogP contribution in [0, 0.1) is 0 Å². The summed E-state index contributed by atoms with van der Waals surface area (Å²) in [4.78, 5) is 8.89. The second-order valence-electron chi connectivity index (χ2n) is 4.72. The molecule has 0 saturated carbocycles. The number of pyridine rings is 2. The zero-order valence-corrected chi connectivity index (χ0v) is 11.6. The molecule has 2 rings (SSSR count). The van der Waals surface area contributed by atoms with Gasteiger partial charge in [0.2, 0.25) is 0 Å². The molecule has 2 aromatic rings. The minimum absolute atomic E-state index is 0.0869. The van der Waals surface area contributed by atoms with Crippen LogP contribution in [0.1, 0.15) is 42.4 Å². The van der Waals surface area contributed by atoms with E-state index in [1.54, 1.807) is 0 Å². The summed E-state index contributed by atoms with van der Waals surface area (Å²) in [6, 6.07) is 8.15. The number of hydrogen-bond donors (Lipinski definition) is 1. The van der Waals surface area contributed by atoms with E-state index in [0.717, 1.165) is 30.7 Å². The fourth-order valence-electron chi connectivity index (χ4n) is 2.19. The number of nitrogens with zero attached hydrogens (tertiary/aromatic N) is 2. The van der Waals surface area contributed by atoms with E-state index in [1.165, 1.54) is 11.1 Å². The van der Waals surface area contributed by atoms with Crippen LogP contribution >= 0.6 is 0 Å². The molecular weight excluding hydrogens is 234 g/mol. The molecule has 0 bridgehead atoms. The molecule has 0 aliphatic carbocycles. The standard InChI is InChI=1S/C16H21N3/c1-3-12-7-8-14(19-11-12)10-15(17)16-13(4-2)6-5-9-18-16/h5-9,11,15H,3-4,10,17H2,1-2H3. The summed E-state index contributed by atoms with van der Waals surface area (Å²) in [5, 5.41) is 0. The Balaban J connectivity index is 2.13. The number of aryl methyl sites for hydroxylation is 2. The van der Waals surface area contributed by atoms with E-state index in [1.807, 2.05) is 18.5 Å². The van der Waals surface area contributed by atoms with E-state index in [0.29, 0.717) is 0 Å². The Morgan fingerprint density at radius 2 is 1.95 bits per heavy atom. The van der Waals surface area contributed by atoms with Crippen LogP contribution in [0.15, 0.2) is 36.7 Å². The fraction of sp³-hybridized carbons (Fsp3) is 0.375. The summed E-state index contributed by atoms with van der Waals surface area (Å²) in [5.41, 5.74) is 10.8. The van der Waals surface area contributed by atoms with E-state index in [2.05, 4.69) is 42.0 Å². The molecule has 0 fully saturated rings. The summed E-state index contributed by atoms with van der Waals surface area (Å²) < 4.78 is 0. The van der Waals surface area contributed by atoms with Gasteiger partial charge in [-0.1, -0.05) is 26.0 Å². The monoisotopic (exact) mass is 255 g/mol. The minimum Gasteiger partial charge on any atom is -0.322 e. The average Bonchev–Trinajstić information content (AvgIpc) is 2.48. The van der Waals surface area contributed by atoms with Gasteiger partial charge in [0, 0.05) is 24.5 Å². The highest BCUT2D eigenvalue weighted by atomic mass is 14.8. The first-order valence-corrected chi connectivity index (χ1v) is 6.87. The molecule has 19 heavy (non-hydrogen) atoms. The van der Waals surface area contributed by atoms with E-state index in [-0.39, 0.29) is 6.04 Å². The van der Waals surface area contributed by atoms with Crippen LogP contribution in [0.3, 0.4) is 0 Å². The summed E-state index contributed by atoms with van der Waals surface area (Å²) >= 11 is 0. The predicted molar refractivity (Wildman–Crippen MR) is 77.9 cm³/mol. The van der Waals surface area contributed by atoms with Crippen LogP contribution in [0.5, 0.6) is 0 Å². The third-order valence-corrected chi connectivity index (χ3v) is 3.38. The van der Waals surface area contributed by atoms with Crippen molar-refractivity contribution in [2.75, 3.05) is 0 Å². The molecule has 2 heterocycles. The Kier molecular flexibility index (Phi) is 4.63.